The first-order chi connectivity index (χ1) is 17.5. The molecule has 2 N–H and O–H groups in total. The molecule has 36 heavy (non-hydrogen) atoms. The Hall–Kier alpha value is -5.02. The molecule has 0 spiro atoms. The molecule has 0 radical (unpaired) electrons. The van der Waals surface area contributed by atoms with Gasteiger partial charge in [0.25, 0.3) is 0 Å². The molecule has 6 heteroatoms. The lowest BCUT2D eigenvalue weighted by atomic mass is 10.1. The van der Waals surface area contributed by atoms with Crippen LogP contribution in [0.4, 0.5) is 0 Å². The number of rotatable bonds is 6. The van der Waals surface area contributed by atoms with Crippen LogP contribution >= 0.6 is 0 Å². The molecule has 0 unspecified atom stereocenters. The van der Waals surface area contributed by atoms with E-state index < -0.39 is 0 Å². The number of hydrogen-bond donors (Lipinski definition) is 2. The van der Waals surface area contributed by atoms with E-state index in [0.29, 0.717) is 11.4 Å². The molecule has 6 nitrogen and oxygen atoms in total. The second-order valence-electron chi connectivity index (χ2n) is 7.49. The van der Waals surface area contributed by atoms with Gasteiger partial charge in [-0.3, -0.25) is 0 Å². The Labute approximate surface area is 212 Å². The quantitative estimate of drug-likeness (QED) is 0.134. The van der Waals surface area contributed by atoms with Crippen LogP contribution in [0, 0.1) is 12.8 Å². The first-order valence-electron chi connectivity index (χ1n) is 11.0. The Bertz CT molecular complexity index is 1250. The van der Waals surface area contributed by atoms with Crippen LogP contribution < -0.4 is 0 Å². The van der Waals surface area contributed by atoms with E-state index >= 15 is 0 Å². The smallest absolute Gasteiger partial charge is 0.0836 e. The van der Waals surface area contributed by atoms with Gasteiger partial charge >= 0.3 is 0 Å². The van der Waals surface area contributed by atoms with Crippen LogP contribution in [0.3, 0.4) is 0 Å². The number of nitrogens with zero attached hydrogens (tertiary/aromatic N) is 4. The third-order valence-corrected chi connectivity index (χ3v) is 5.45. The van der Waals surface area contributed by atoms with E-state index in [2.05, 4.69) is 72.7 Å². The SMILES string of the molecule is C#C.C/C(=N/O)c1ccc(/C(C)=N/O)cc1.C=Cn1cccc1-c1ccc(-c2cccn2C=C)cc1. The maximum absolute atomic E-state index is 8.54. The van der Waals surface area contributed by atoms with Crippen molar-refractivity contribution < 1.29 is 10.4 Å². The van der Waals surface area contributed by atoms with E-state index in [-0.39, 0.29) is 0 Å². The van der Waals surface area contributed by atoms with Gasteiger partial charge in [-0.25, -0.2) is 0 Å². The Morgan fingerprint density at radius 2 is 1.00 bits per heavy atom. The van der Waals surface area contributed by atoms with Gasteiger partial charge in [0, 0.05) is 24.8 Å². The van der Waals surface area contributed by atoms with Crippen LogP contribution in [-0.2, 0) is 0 Å². The Balaban J connectivity index is 0.000000252. The van der Waals surface area contributed by atoms with E-state index in [1.165, 1.54) is 11.1 Å². The Kier molecular flexibility index (Phi) is 10.3. The Morgan fingerprint density at radius 1 is 0.667 bits per heavy atom. The minimum atomic E-state index is 0.551. The molecule has 0 atom stereocenters. The molecule has 2 heterocycles. The van der Waals surface area contributed by atoms with Crippen molar-refractivity contribution in [3.63, 3.8) is 0 Å². The summed E-state index contributed by atoms with van der Waals surface area (Å²) < 4.78 is 4.03. The molecule has 0 aliphatic rings. The number of benzene rings is 2. The molecule has 0 saturated heterocycles. The fraction of sp³-hybridized carbons (Fsp3) is 0.0667. The Morgan fingerprint density at radius 3 is 1.28 bits per heavy atom. The van der Waals surface area contributed by atoms with Gasteiger partial charge in [-0.15, -0.1) is 12.8 Å². The molecule has 0 saturated carbocycles. The number of terminal acetylenes is 1. The van der Waals surface area contributed by atoms with E-state index in [1.54, 1.807) is 38.1 Å². The molecule has 4 aromatic rings. The third kappa shape index (κ3) is 6.52. The van der Waals surface area contributed by atoms with Crippen molar-refractivity contribution in [1.29, 1.82) is 0 Å². The second-order valence-corrected chi connectivity index (χ2v) is 7.49. The lowest BCUT2D eigenvalue weighted by Crippen LogP contribution is -1.98. The highest BCUT2D eigenvalue weighted by Gasteiger charge is 2.05. The van der Waals surface area contributed by atoms with Crippen molar-refractivity contribution in [2.24, 2.45) is 10.3 Å². The highest BCUT2D eigenvalue weighted by atomic mass is 16.4. The van der Waals surface area contributed by atoms with Crippen LogP contribution in [0.15, 0.2) is 109 Å². The van der Waals surface area contributed by atoms with E-state index in [0.717, 1.165) is 22.5 Å². The van der Waals surface area contributed by atoms with Gasteiger partial charge in [0.1, 0.15) is 0 Å². The summed E-state index contributed by atoms with van der Waals surface area (Å²) in [6.45, 7) is 11.1. The molecule has 4 rings (SSSR count). The zero-order valence-electron chi connectivity index (χ0n) is 20.5. The summed E-state index contributed by atoms with van der Waals surface area (Å²) in [6.07, 6.45) is 15.6. The monoisotopic (exact) mass is 478 g/mol. The predicted octanol–water partition coefficient (Wildman–Crippen LogP) is 7.16. The third-order valence-electron chi connectivity index (χ3n) is 5.45. The van der Waals surface area contributed by atoms with Crippen molar-refractivity contribution in [2.75, 3.05) is 0 Å². The first-order valence-corrected chi connectivity index (χ1v) is 11.0. The van der Waals surface area contributed by atoms with Crippen LogP contribution in [0.5, 0.6) is 0 Å². The van der Waals surface area contributed by atoms with Gasteiger partial charge in [0.05, 0.1) is 22.8 Å². The predicted molar refractivity (Wildman–Crippen MR) is 150 cm³/mol. The lowest BCUT2D eigenvalue weighted by molar-refractivity contribution is 0.318. The number of aromatic nitrogens is 2. The fourth-order valence-corrected chi connectivity index (χ4v) is 3.48. The van der Waals surface area contributed by atoms with Gasteiger partial charge in [-0.2, -0.15) is 0 Å². The number of oxime groups is 2. The normalized spacial score (nSPS) is 10.9. The standard InChI is InChI=1S/C18H16N2.C10H12N2O2.C2H2/c1-3-19-13-5-7-17(19)15-9-11-16(12-10-15)18-8-6-14-20(18)4-2;1-7(11-13)9-3-5-10(6-4-9)8(2)12-14;1-2/h3-14H,1-2H2;3-6,13-14H,1-2H3;1-2H/b;11-7-,12-8+;. The van der Waals surface area contributed by atoms with Gasteiger partial charge in [-0.05, 0) is 60.4 Å². The summed E-state index contributed by atoms with van der Waals surface area (Å²) in [5.41, 5.74) is 7.41. The molecule has 0 aliphatic heterocycles. The fourth-order valence-electron chi connectivity index (χ4n) is 3.48. The summed E-state index contributed by atoms with van der Waals surface area (Å²) in [5.74, 6) is 0. The van der Waals surface area contributed by atoms with E-state index in [1.807, 2.05) is 46.1 Å². The van der Waals surface area contributed by atoms with Gasteiger partial charge < -0.3 is 19.5 Å². The van der Waals surface area contributed by atoms with Crippen molar-refractivity contribution in [3.8, 4) is 35.4 Å². The maximum Gasteiger partial charge on any atom is 0.0836 e. The second kappa shape index (κ2) is 13.6. The molecule has 2 aromatic heterocycles. The highest BCUT2D eigenvalue weighted by Crippen LogP contribution is 2.26. The van der Waals surface area contributed by atoms with E-state index in [9.17, 15) is 0 Å². The van der Waals surface area contributed by atoms with E-state index in [4.69, 9.17) is 10.4 Å². The molecule has 0 aliphatic carbocycles. The lowest BCUT2D eigenvalue weighted by Gasteiger charge is -2.07. The first kappa shape index (κ1) is 27.2. The van der Waals surface area contributed by atoms with Gasteiger partial charge in [-0.1, -0.05) is 72.0 Å². The molecule has 182 valence electrons. The molecule has 0 amide bonds. The van der Waals surface area contributed by atoms with Crippen LogP contribution in [0.1, 0.15) is 25.0 Å². The van der Waals surface area contributed by atoms with Crippen molar-refractivity contribution in [1.82, 2.24) is 9.13 Å². The van der Waals surface area contributed by atoms with Crippen LogP contribution in [0.2, 0.25) is 0 Å². The van der Waals surface area contributed by atoms with Crippen molar-refractivity contribution >= 4 is 23.8 Å². The molecular weight excluding hydrogens is 448 g/mol. The summed E-state index contributed by atoms with van der Waals surface area (Å²) in [4.78, 5) is 0. The summed E-state index contributed by atoms with van der Waals surface area (Å²) in [5, 5.41) is 23.3. The zero-order valence-corrected chi connectivity index (χ0v) is 20.5. The number of hydrogen-bond acceptors (Lipinski definition) is 4. The molecule has 0 fully saturated rings. The van der Waals surface area contributed by atoms with Crippen LogP contribution in [0.25, 0.3) is 34.9 Å². The molecular formula is C30H30N4O2. The minimum absolute atomic E-state index is 0.551. The molecule has 0 bridgehead atoms. The largest absolute Gasteiger partial charge is 0.411 e. The average Bonchev–Trinajstić information content (AvgIpc) is 3.63. The summed E-state index contributed by atoms with van der Waals surface area (Å²) >= 11 is 0. The zero-order chi connectivity index (χ0) is 26.5. The van der Waals surface area contributed by atoms with Crippen molar-refractivity contribution in [2.45, 2.75) is 13.8 Å². The van der Waals surface area contributed by atoms with Crippen molar-refractivity contribution in [3.05, 3.63) is 109 Å². The average molecular weight is 479 g/mol. The summed E-state index contributed by atoms with van der Waals surface area (Å²) in [6, 6.07) is 24.0. The van der Waals surface area contributed by atoms with Gasteiger partial charge in [0.15, 0.2) is 0 Å². The highest BCUT2D eigenvalue weighted by molar-refractivity contribution is 6.01. The molecule has 2 aromatic carbocycles. The maximum atomic E-state index is 8.54. The van der Waals surface area contributed by atoms with Crippen LogP contribution in [-0.4, -0.2) is 31.0 Å². The van der Waals surface area contributed by atoms with Gasteiger partial charge in [0.2, 0.25) is 0 Å². The topological polar surface area (TPSA) is 75.0 Å². The summed E-state index contributed by atoms with van der Waals surface area (Å²) in [7, 11) is 0. The minimum Gasteiger partial charge on any atom is -0.411 e.